The Morgan fingerprint density at radius 3 is 2.74 bits per heavy atom. The first kappa shape index (κ1) is 12.8. The van der Waals surface area contributed by atoms with Crippen LogP contribution in [0.4, 0.5) is 5.95 Å². The van der Waals surface area contributed by atoms with Crippen molar-refractivity contribution in [1.29, 1.82) is 0 Å². The van der Waals surface area contributed by atoms with E-state index in [1.165, 1.54) is 44.6 Å². The molecule has 104 valence electrons. The predicted octanol–water partition coefficient (Wildman–Crippen LogP) is 1.48. The Hall–Kier alpha value is -1.24. The van der Waals surface area contributed by atoms with Crippen LogP contribution in [-0.4, -0.2) is 46.7 Å². The average molecular weight is 282 g/mol. The molecule has 2 fully saturated rings. The van der Waals surface area contributed by atoms with Crippen molar-refractivity contribution in [3.63, 3.8) is 0 Å². The van der Waals surface area contributed by atoms with Crippen LogP contribution in [0.15, 0.2) is 5.16 Å². The molecule has 0 spiro atoms. The second-order valence-corrected chi connectivity index (χ2v) is 5.89. The normalized spacial score (nSPS) is 18.9. The van der Waals surface area contributed by atoms with Crippen LogP contribution in [0.3, 0.4) is 0 Å². The Morgan fingerprint density at radius 1 is 1.37 bits per heavy atom. The fourth-order valence-electron chi connectivity index (χ4n) is 2.34. The van der Waals surface area contributed by atoms with Gasteiger partial charge in [-0.2, -0.15) is 0 Å². The minimum absolute atomic E-state index is 0.224. The monoisotopic (exact) mass is 282 g/mol. The molecule has 0 bridgehead atoms. The maximum absolute atomic E-state index is 11.2. The van der Waals surface area contributed by atoms with Crippen molar-refractivity contribution < 1.29 is 9.53 Å². The van der Waals surface area contributed by atoms with E-state index < -0.39 is 0 Å². The lowest BCUT2D eigenvalue weighted by molar-refractivity contribution is -0.137. The molecule has 1 aliphatic carbocycles. The Morgan fingerprint density at radius 2 is 2.11 bits per heavy atom. The van der Waals surface area contributed by atoms with Gasteiger partial charge in [0.15, 0.2) is 5.16 Å². The summed E-state index contributed by atoms with van der Waals surface area (Å²) in [4.78, 5) is 13.5. The smallest absolute Gasteiger partial charge is 0.316 e. The standard InChI is InChI=1S/C12H18N4O2S/c1-18-10(17)8-19-12-14-13-11(15-6-2-3-7-15)16(12)9-4-5-9/h9H,2-8H2,1H3. The zero-order valence-electron chi connectivity index (χ0n) is 11.0. The summed E-state index contributed by atoms with van der Waals surface area (Å²) < 4.78 is 6.87. The van der Waals surface area contributed by atoms with Crippen molar-refractivity contribution in [1.82, 2.24) is 14.8 Å². The lowest BCUT2D eigenvalue weighted by atomic mass is 10.4. The summed E-state index contributed by atoms with van der Waals surface area (Å²) in [6.45, 7) is 2.12. The molecule has 7 heteroatoms. The molecule has 1 saturated heterocycles. The number of hydrogen-bond donors (Lipinski definition) is 0. The molecule has 0 aromatic carbocycles. The van der Waals surface area contributed by atoms with Crippen LogP contribution in [-0.2, 0) is 9.53 Å². The van der Waals surface area contributed by atoms with Crippen molar-refractivity contribution in [2.45, 2.75) is 36.9 Å². The van der Waals surface area contributed by atoms with E-state index >= 15 is 0 Å². The highest BCUT2D eigenvalue weighted by Crippen LogP contribution is 2.41. The number of carbonyl (C=O) groups is 1. The van der Waals surface area contributed by atoms with E-state index in [0.717, 1.165) is 24.2 Å². The minimum atomic E-state index is -0.224. The predicted molar refractivity (Wildman–Crippen MR) is 72.5 cm³/mol. The highest BCUT2D eigenvalue weighted by molar-refractivity contribution is 7.99. The van der Waals surface area contributed by atoms with E-state index in [-0.39, 0.29) is 5.97 Å². The van der Waals surface area contributed by atoms with Gasteiger partial charge in [-0.1, -0.05) is 11.8 Å². The molecule has 1 aromatic rings. The highest BCUT2D eigenvalue weighted by atomic mass is 32.2. The summed E-state index contributed by atoms with van der Waals surface area (Å²) >= 11 is 1.42. The zero-order valence-corrected chi connectivity index (χ0v) is 11.9. The van der Waals surface area contributed by atoms with Gasteiger partial charge in [0, 0.05) is 19.1 Å². The fraction of sp³-hybridized carbons (Fsp3) is 0.750. The van der Waals surface area contributed by atoms with Gasteiger partial charge in [0.1, 0.15) is 0 Å². The van der Waals surface area contributed by atoms with Gasteiger partial charge < -0.3 is 9.64 Å². The van der Waals surface area contributed by atoms with Gasteiger partial charge in [-0.3, -0.25) is 9.36 Å². The lowest BCUT2D eigenvalue weighted by Gasteiger charge is -2.17. The van der Waals surface area contributed by atoms with Gasteiger partial charge in [0.05, 0.1) is 12.9 Å². The SMILES string of the molecule is COC(=O)CSc1nnc(N2CCCC2)n1C1CC1. The summed E-state index contributed by atoms with van der Waals surface area (Å²) in [5.74, 6) is 1.05. The molecule has 2 heterocycles. The third kappa shape index (κ3) is 2.70. The molecular weight excluding hydrogens is 264 g/mol. The second-order valence-electron chi connectivity index (χ2n) is 4.94. The van der Waals surface area contributed by atoms with Crippen molar-refractivity contribution >= 4 is 23.7 Å². The van der Waals surface area contributed by atoms with Crippen LogP contribution < -0.4 is 4.90 Å². The Labute approximate surface area is 116 Å². The number of carbonyl (C=O) groups excluding carboxylic acids is 1. The molecular formula is C12H18N4O2S. The maximum Gasteiger partial charge on any atom is 0.316 e. The molecule has 0 atom stereocenters. The van der Waals surface area contributed by atoms with E-state index in [1.54, 1.807) is 0 Å². The molecule has 1 aliphatic heterocycles. The van der Waals surface area contributed by atoms with Crippen molar-refractivity contribution in [3.05, 3.63) is 0 Å². The fourth-order valence-corrected chi connectivity index (χ4v) is 3.17. The number of aromatic nitrogens is 3. The number of thioether (sulfide) groups is 1. The number of methoxy groups -OCH3 is 1. The number of ether oxygens (including phenoxy) is 1. The summed E-state index contributed by atoms with van der Waals surface area (Å²) in [6, 6.07) is 0.519. The van der Waals surface area contributed by atoms with Crippen LogP contribution in [0.25, 0.3) is 0 Å². The lowest BCUT2D eigenvalue weighted by Crippen LogP contribution is -2.22. The van der Waals surface area contributed by atoms with Crippen LogP contribution in [0.1, 0.15) is 31.7 Å². The molecule has 2 aliphatic rings. The third-order valence-electron chi connectivity index (χ3n) is 3.49. The molecule has 1 saturated carbocycles. The van der Waals surface area contributed by atoms with Gasteiger partial charge in [-0.15, -0.1) is 10.2 Å². The van der Waals surface area contributed by atoms with Gasteiger partial charge in [0.2, 0.25) is 5.95 Å². The van der Waals surface area contributed by atoms with Crippen molar-refractivity contribution in [2.75, 3.05) is 30.9 Å². The maximum atomic E-state index is 11.2. The van der Waals surface area contributed by atoms with E-state index in [1.807, 2.05) is 0 Å². The quantitative estimate of drug-likeness (QED) is 0.602. The van der Waals surface area contributed by atoms with Crippen LogP contribution in [0.5, 0.6) is 0 Å². The van der Waals surface area contributed by atoms with E-state index in [4.69, 9.17) is 0 Å². The summed E-state index contributed by atoms with van der Waals surface area (Å²) in [7, 11) is 1.41. The highest BCUT2D eigenvalue weighted by Gasteiger charge is 2.32. The third-order valence-corrected chi connectivity index (χ3v) is 4.41. The topological polar surface area (TPSA) is 60.2 Å². The summed E-state index contributed by atoms with van der Waals surface area (Å²) in [6.07, 6.45) is 4.82. The first-order valence-corrected chi connectivity index (χ1v) is 7.67. The van der Waals surface area contributed by atoms with Crippen molar-refractivity contribution in [3.8, 4) is 0 Å². The van der Waals surface area contributed by atoms with Gasteiger partial charge in [-0.05, 0) is 25.7 Å². The first-order valence-electron chi connectivity index (χ1n) is 6.69. The largest absolute Gasteiger partial charge is 0.468 e. The number of anilines is 1. The Bertz CT molecular complexity index is 466. The number of rotatable bonds is 5. The number of nitrogens with zero attached hydrogens (tertiary/aromatic N) is 4. The van der Waals surface area contributed by atoms with E-state index in [2.05, 4.69) is 24.4 Å². The van der Waals surface area contributed by atoms with Gasteiger partial charge >= 0.3 is 5.97 Å². The molecule has 0 N–H and O–H groups in total. The minimum Gasteiger partial charge on any atom is -0.468 e. The van der Waals surface area contributed by atoms with E-state index in [0.29, 0.717) is 11.8 Å². The first-order chi connectivity index (χ1) is 9.29. The number of hydrogen-bond acceptors (Lipinski definition) is 6. The van der Waals surface area contributed by atoms with Crippen molar-refractivity contribution in [2.24, 2.45) is 0 Å². The van der Waals surface area contributed by atoms with Gasteiger partial charge in [0.25, 0.3) is 0 Å². The zero-order chi connectivity index (χ0) is 13.2. The average Bonchev–Trinajstić information content (AvgIpc) is 2.96. The molecule has 0 unspecified atom stereocenters. The molecule has 19 heavy (non-hydrogen) atoms. The summed E-state index contributed by atoms with van der Waals surface area (Å²) in [5, 5.41) is 9.43. The molecule has 1 aromatic heterocycles. The van der Waals surface area contributed by atoms with Crippen LogP contribution in [0, 0.1) is 0 Å². The second kappa shape index (κ2) is 5.40. The Kier molecular flexibility index (Phi) is 3.63. The van der Waals surface area contributed by atoms with Crippen LogP contribution >= 0.6 is 11.8 Å². The van der Waals surface area contributed by atoms with E-state index in [9.17, 15) is 4.79 Å². The summed E-state index contributed by atoms with van der Waals surface area (Å²) in [5.41, 5.74) is 0. The Balaban J connectivity index is 1.77. The molecule has 0 amide bonds. The molecule has 6 nitrogen and oxygen atoms in total. The molecule has 0 radical (unpaired) electrons. The number of esters is 1. The van der Waals surface area contributed by atoms with Crippen LogP contribution in [0.2, 0.25) is 0 Å². The molecule has 3 rings (SSSR count). The van der Waals surface area contributed by atoms with Gasteiger partial charge in [-0.25, -0.2) is 0 Å².